The van der Waals surface area contributed by atoms with Crippen molar-refractivity contribution in [1.82, 2.24) is 4.98 Å². The van der Waals surface area contributed by atoms with Crippen molar-refractivity contribution < 1.29 is 4.79 Å². The van der Waals surface area contributed by atoms with Crippen LogP contribution < -0.4 is 5.32 Å². The first-order valence-corrected chi connectivity index (χ1v) is 6.45. The molecule has 0 fully saturated rings. The van der Waals surface area contributed by atoms with Crippen LogP contribution in [0.3, 0.4) is 0 Å². The standard InChI is InChI=1S/C12H11ClN2O.C2H6/c1-8(16)15-11-3-2-10-4-9(6-13)7-14-12(10)5-11;1-2/h2-5,7H,6H2,1H3,(H,15,16);1-2H3. The molecule has 1 amide bonds. The van der Waals surface area contributed by atoms with Crippen LogP contribution in [-0.4, -0.2) is 10.9 Å². The summed E-state index contributed by atoms with van der Waals surface area (Å²) in [4.78, 5) is 15.2. The molecule has 18 heavy (non-hydrogen) atoms. The number of pyridine rings is 1. The van der Waals surface area contributed by atoms with E-state index in [1.807, 2.05) is 38.1 Å². The van der Waals surface area contributed by atoms with Gasteiger partial charge in [0.15, 0.2) is 0 Å². The highest BCUT2D eigenvalue weighted by Gasteiger charge is 2.00. The van der Waals surface area contributed by atoms with Gasteiger partial charge in [-0.25, -0.2) is 0 Å². The van der Waals surface area contributed by atoms with Crippen molar-refractivity contribution in [3.63, 3.8) is 0 Å². The molecule has 0 radical (unpaired) electrons. The van der Waals surface area contributed by atoms with Crippen molar-refractivity contribution in [3.8, 4) is 0 Å². The predicted molar refractivity (Wildman–Crippen MR) is 77.0 cm³/mol. The van der Waals surface area contributed by atoms with Crippen molar-refractivity contribution >= 4 is 34.1 Å². The smallest absolute Gasteiger partial charge is 0.221 e. The van der Waals surface area contributed by atoms with Crippen LogP contribution in [0.25, 0.3) is 10.9 Å². The molecule has 96 valence electrons. The Labute approximate surface area is 112 Å². The molecule has 2 aromatic rings. The van der Waals surface area contributed by atoms with Crippen LogP contribution in [0.1, 0.15) is 26.3 Å². The molecule has 0 saturated heterocycles. The molecule has 0 aliphatic rings. The van der Waals surface area contributed by atoms with Gasteiger partial charge >= 0.3 is 0 Å². The van der Waals surface area contributed by atoms with Gasteiger partial charge in [0, 0.05) is 30.1 Å². The summed E-state index contributed by atoms with van der Waals surface area (Å²) in [5.41, 5.74) is 2.59. The second-order valence-corrected chi connectivity index (χ2v) is 3.83. The van der Waals surface area contributed by atoms with Crippen LogP contribution in [0.2, 0.25) is 0 Å². The van der Waals surface area contributed by atoms with Crippen molar-refractivity contribution in [1.29, 1.82) is 0 Å². The fourth-order valence-corrected chi connectivity index (χ4v) is 1.67. The quantitative estimate of drug-likeness (QED) is 0.835. The summed E-state index contributed by atoms with van der Waals surface area (Å²) in [5, 5.41) is 3.74. The summed E-state index contributed by atoms with van der Waals surface area (Å²) in [6.45, 7) is 5.48. The third-order valence-electron chi connectivity index (χ3n) is 2.22. The van der Waals surface area contributed by atoms with Crippen LogP contribution in [0, 0.1) is 0 Å². The highest BCUT2D eigenvalue weighted by Crippen LogP contribution is 2.19. The lowest BCUT2D eigenvalue weighted by Gasteiger charge is -2.04. The Hall–Kier alpha value is -1.61. The van der Waals surface area contributed by atoms with E-state index >= 15 is 0 Å². The van der Waals surface area contributed by atoms with Gasteiger partial charge in [-0.15, -0.1) is 11.6 Å². The molecule has 1 aromatic heterocycles. The van der Waals surface area contributed by atoms with Gasteiger partial charge in [0.25, 0.3) is 0 Å². The number of hydrogen-bond donors (Lipinski definition) is 1. The Morgan fingerprint density at radius 2 is 2.06 bits per heavy atom. The Morgan fingerprint density at radius 3 is 2.67 bits per heavy atom. The maximum absolute atomic E-state index is 10.9. The molecular weight excluding hydrogens is 248 g/mol. The van der Waals surface area contributed by atoms with Gasteiger partial charge in [0.1, 0.15) is 0 Å². The van der Waals surface area contributed by atoms with E-state index in [-0.39, 0.29) is 5.91 Å². The zero-order valence-corrected chi connectivity index (χ0v) is 11.6. The SMILES string of the molecule is CC.CC(=O)Nc1ccc2cc(CCl)cnc2c1. The van der Waals surface area contributed by atoms with E-state index < -0.39 is 0 Å². The molecule has 0 bridgehead atoms. The number of nitrogens with one attached hydrogen (secondary N) is 1. The Kier molecular flexibility index (Phi) is 5.59. The molecule has 0 atom stereocenters. The topological polar surface area (TPSA) is 42.0 Å². The summed E-state index contributed by atoms with van der Waals surface area (Å²) in [6, 6.07) is 7.61. The van der Waals surface area contributed by atoms with Crippen LogP contribution in [0.15, 0.2) is 30.5 Å². The molecule has 0 unspecified atom stereocenters. The third-order valence-corrected chi connectivity index (χ3v) is 2.52. The zero-order chi connectivity index (χ0) is 13.5. The Morgan fingerprint density at radius 1 is 1.33 bits per heavy atom. The van der Waals surface area contributed by atoms with E-state index in [4.69, 9.17) is 11.6 Å². The number of anilines is 1. The maximum atomic E-state index is 10.9. The minimum atomic E-state index is -0.0864. The van der Waals surface area contributed by atoms with Crippen LogP contribution >= 0.6 is 11.6 Å². The normalized spacial score (nSPS) is 9.56. The fraction of sp³-hybridized carbons (Fsp3) is 0.286. The summed E-state index contributed by atoms with van der Waals surface area (Å²) in [6.07, 6.45) is 1.74. The summed E-state index contributed by atoms with van der Waals surface area (Å²) in [7, 11) is 0. The van der Waals surface area contributed by atoms with Gasteiger partial charge in [-0.1, -0.05) is 19.9 Å². The average molecular weight is 265 g/mol. The largest absolute Gasteiger partial charge is 0.326 e. The molecular formula is C14H17ClN2O. The lowest BCUT2D eigenvalue weighted by Crippen LogP contribution is -2.05. The number of rotatable bonds is 2. The summed E-state index contributed by atoms with van der Waals surface area (Å²) >= 11 is 5.73. The van der Waals surface area contributed by atoms with Crippen molar-refractivity contribution in [2.45, 2.75) is 26.7 Å². The first-order chi connectivity index (χ1) is 8.69. The van der Waals surface area contributed by atoms with Crippen molar-refractivity contribution in [3.05, 3.63) is 36.0 Å². The number of carbonyl (C=O) groups excluding carboxylic acids is 1. The van der Waals surface area contributed by atoms with E-state index in [2.05, 4.69) is 10.3 Å². The number of hydrogen-bond acceptors (Lipinski definition) is 2. The van der Waals surface area contributed by atoms with Crippen LogP contribution in [-0.2, 0) is 10.7 Å². The zero-order valence-electron chi connectivity index (χ0n) is 10.8. The van der Waals surface area contributed by atoms with E-state index in [1.54, 1.807) is 6.20 Å². The minimum absolute atomic E-state index is 0.0864. The number of halogens is 1. The molecule has 0 aliphatic carbocycles. The lowest BCUT2D eigenvalue weighted by atomic mass is 10.1. The Bertz CT molecular complexity index is 540. The third kappa shape index (κ3) is 3.70. The van der Waals surface area contributed by atoms with Gasteiger partial charge in [0.2, 0.25) is 5.91 Å². The molecule has 2 rings (SSSR count). The van der Waals surface area contributed by atoms with E-state index in [0.29, 0.717) is 5.88 Å². The number of fused-ring (bicyclic) bond motifs is 1. The second kappa shape index (κ2) is 6.97. The molecule has 4 heteroatoms. The molecule has 0 saturated carbocycles. The molecule has 1 heterocycles. The Balaban J connectivity index is 0.000000771. The van der Waals surface area contributed by atoms with Crippen LogP contribution in [0.4, 0.5) is 5.69 Å². The molecule has 0 spiro atoms. The number of amides is 1. The highest BCUT2D eigenvalue weighted by molar-refractivity contribution is 6.17. The highest BCUT2D eigenvalue weighted by atomic mass is 35.5. The second-order valence-electron chi connectivity index (χ2n) is 3.57. The number of benzene rings is 1. The first kappa shape index (κ1) is 14.5. The first-order valence-electron chi connectivity index (χ1n) is 5.91. The van der Waals surface area contributed by atoms with Gasteiger partial charge < -0.3 is 5.32 Å². The van der Waals surface area contributed by atoms with Crippen molar-refractivity contribution in [2.75, 3.05) is 5.32 Å². The fourth-order valence-electron chi connectivity index (χ4n) is 1.52. The van der Waals surface area contributed by atoms with Gasteiger partial charge in [-0.2, -0.15) is 0 Å². The van der Waals surface area contributed by atoms with Crippen molar-refractivity contribution in [2.24, 2.45) is 0 Å². The average Bonchev–Trinajstić information content (AvgIpc) is 2.39. The number of aromatic nitrogens is 1. The summed E-state index contributed by atoms with van der Waals surface area (Å²) < 4.78 is 0. The minimum Gasteiger partial charge on any atom is -0.326 e. The van der Waals surface area contributed by atoms with E-state index in [0.717, 1.165) is 22.2 Å². The monoisotopic (exact) mass is 264 g/mol. The van der Waals surface area contributed by atoms with E-state index in [1.165, 1.54) is 6.92 Å². The van der Waals surface area contributed by atoms with Gasteiger partial charge in [-0.3, -0.25) is 9.78 Å². The molecule has 0 aliphatic heterocycles. The number of carbonyl (C=O) groups is 1. The van der Waals surface area contributed by atoms with Gasteiger partial charge in [0.05, 0.1) is 5.52 Å². The summed E-state index contributed by atoms with van der Waals surface area (Å²) in [5.74, 6) is 0.368. The van der Waals surface area contributed by atoms with Crippen LogP contribution in [0.5, 0.6) is 0 Å². The molecule has 3 nitrogen and oxygen atoms in total. The predicted octanol–water partition coefficient (Wildman–Crippen LogP) is 3.96. The maximum Gasteiger partial charge on any atom is 0.221 e. The number of nitrogens with zero attached hydrogens (tertiary/aromatic N) is 1. The number of alkyl halides is 1. The molecule has 1 N–H and O–H groups in total. The lowest BCUT2D eigenvalue weighted by molar-refractivity contribution is -0.114. The van der Waals surface area contributed by atoms with E-state index in [9.17, 15) is 4.79 Å². The van der Waals surface area contributed by atoms with Gasteiger partial charge in [-0.05, 0) is 23.8 Å². The molecule has 1 aromatic carbocycles.